The molecule has 1 aliphatic rings. The molecule has 0 aliphatic carbocycles. The van der Waals surface area contributed by atoms with Gasteiger partial charge in [-0.05, 0) is 42.9 Å². The van der Waals surface area contributed by atoms with Gasteiger partial charge in [-0.2, -0.15) is 0 Å². The second kappa shape index (κ2) is 5.01. The molecule has 1 aromatic carbocycles. The number of hydrogen-bond donors (Lipinski definition) is 1. The lowest BCUT2D eigenvalue weighted by atomic mass is 10.1. The van der Waals surface area contributed by atoms with Crippen LogP contribution in [0.5, 0.6) is 0 Å². The fraction of sp³-hybridized carbons (Fsp3) is 0.533. The van der Waals surface area contributed by atoms with Crippen molar-refractivity contribution in [2.24, 2.45) is 5.92 Å². The maximum absolute atomic E-state index is 12.2. The molecule has 1 amide bonds. The number of nitrogens with zero attached hydrogens (tertiary/aromatic N) is 1. The Morgan fingerprint density at radius 3 is 2.83 bits per heavy atom. The molecular weight excluding hydrogens is 224 g/mol. The number of amides is 1. The highest BCUT2D eigenvalue weighted by Crippen LogP contribution is 2.32. The number of nitrogens with two attached hydrogens (primary N) is 1. The van der Waals surface area contributed by atoms with Crippen LogP contribution in [0.1, 0.15) is 37.8 Å². The third-order valence-corrected chi connectivity index (χ3v) is 3.60. The van der Waals surface area contributed by atoms with Crippen molar-refractivity contribution in [1.29, 1.82) is 0 Å². The largest absolute Gasteiger partial charge is 0.398 e. The van der Waals surface area contributed by atoms with Crippen molar-refractivity contribution >= 4 is 17.3 Å². The number of benzene rings is 1. The van der Waals surface area contributed by atoms with Crippen LogP contribution in [-0.2, 0) is 11.2 Å². The first-order valence-electron chi connectivity index (χ1n) is 6.68. The number of fused-ring (bicyclic) bond motifs is 1. The van der Waals surface area contributed by atoms with Gasteiger partial charge in [-0.25, -0.2) is 0 Å². The molecular formula is C15H22N2O. The summed E-state index contributed by atoms with van der Waals surface area (Å²) in [5.41, 5.74) is 10.1. The summed E-state index contributed by atoms with van der Waals surface area (Å²) in [5, 5.41) is 0. The monoisotopic (exact) mass is 246 g/mol. The predicted molar refractivity (Wildman–Crippen MR) is 75.7 cm³/mol. The standard InChI is InChI=1S/C15H22N2O/c1-10(2)4-5-15(18)17-7-6-12-8-11(3)13(16)9-14(12)17/h8-10H,4-7,16H2,1-3H3. The molecule has 2 N–H and O–H groups in total. The number of aryl methyl sites for hydroxylation is 1. The molecule has 98 valence electrons. The van der Waals surface area contributed by atoms with Gasteiger partial charge in [0.1, 0.15) is 0 Å². The van der Waals surface area contributed by atoms with Gasteiger partial charge in [0.15, 0.2) is 0 Å². The zero-order chi connectivity index (χ0) is 13.3. The van der Waals surface area contributed by atoms with E-state index in [0.29, 0.717) is 12.3 Å². The van der Waals surface area contributed by atoms with Gasteiger partial charge in [0.25, 0.3) is 0 Å². The highest BCUT2D eigenvalue weighted by molar-refractivity contribution is 5.96. The Morgan fingerprint density at radius 2 is 2.17 bits per heavy atom. The fourth-order valence-electron chi connectivity index (χ4n) is 2.38. The molecule has 1 aliphatic heterocycles. The van der Waals surface area contributed by atoms with Crippen LogP contribution in [0.2, 0.25) is 0 Å². The van der Waals surface area contributed by atoms with E-state index in [2.05, 4.69) is 19.9 Å². The minimum atomic E-state index is 0.228. The quantitative estimate of drug-likeness (QED) is 0.833. The van der Waals surface area contributed by atoms with Crippen LogP contribution < -0.4 is 10.6 Å². The second-order valence-electron chi connectivity index (χ2n) is 5.57. The Bertz CT molecular complexity index is 466. The van der Waals surface area contributed by atoms with E-state index in [9.17, 15) is 4.79 Å². The molecule has 0 saturated carbocycles. The topological polar surface area (TPSA) is 46.3 Å². The number of hydrogen-bond acceptors (Lipinski definition) is 2. The van der Waals surface area contributed by atoms with Gasteiger partial charge in [0.2, 0.25) is 5.91 Å². The highest BCUT2D eigenvalue weighted by Gasteiger charge is 2.25. The molecule has 2 rings (SSSR count). The summed E-state index contributed by atoms with van der Waals surface area (Å²) in [4.78, 5) is 14.1. The van der Waals surface area contributed by atoms with Crippen molar-refractivity contribution in [3.63, 3.8) is 0 Å². The maximum atomic E-state index is 12.2. The Morgan fingerprint density at radius 1 is 1.44 bits per heavy atom. The minimum Gasteiger partial charge on any atom is -0.398 e. The van der Waals surface area contributed by atoms with Gasteiger partial charge in [0.05, 0.1) is 0 Å². The van der Waals surface area contributed by atoms with Crippen LogP contribution in [-0.4, -0.2) is 12.5 Å². The SMILES string of the molecule is Cc1cc2c(cc1N)N(C(=O)CCC(C)C)CC2. The van der Waals surface area contributed by atoms with E-state index >= 15 is 0 Å². The van der Waals surface area contributed by atoms with E-state index in [-0.39, 0.29) is 5.91 Å². The van der Waals surface area contributed by atoms with Crippen LogP contribution in [0.4, 0.5) is 11.4 Å². The summed E-state index contributed by atoms with van der Waals surface area (Å²) in [5.74, 6) is 0.796. The summed E-state index contributed by atoms with van der Waals surface area (Å²) in [7, 11) is 0. The Hall–Kier alpha value is -1.51. The molecule has 1 aromatic rings. The molecule has 0 radical (unpaired) electrons. The third kappa shape index (κ3) is 2.50. The van der Waals surface area contributed by atoms with Gasteiger partial charge in [0, 0.05) is 24.3 Å². The highest BCUT2D eigenvalue weighted by atomic mass is 16.2. The first kappa shape index (κ1) is 12.9. The molecule has 18 heavy (non-hydrogen) atoms. The summed E-state index contributed by atoms with van der Waals surface area (Å²) in [6.07, 6.45) is 2.53. The van der Waals surface area contributed by atoms with Crippen LogP contribution in [0.25, 0.3) is 0 Å². The minimum absolute atomic E-state index is 0.228. The van der Waals surface area contributed by atoms with Crippen LogP contribution in [0.3, 0.4) is 0 Å². The lowest BCUT2D eigenvalue weighted by Gasteiger charge is -2.18. The Labute approximate surface area is 109 Å². The van der Waals surface area contributed by atoms with Gasteiger partial charge in [-0.3, -0.25) is 4.79 Å². The average molecular weight is 246 g/mol. The van der Waals surface area contributed by atoms with E-state index in [4.69, 9.17) is 5.73 Å². The first-order valence-corrected chi connectivity index (χ1v) is 6.68. The van der Waals surface area contributed by atoms with Crippen molar-refractivity contribution in [3.8, 4) is 0 Å². The van der Waals surface area contributed by atoms with Crippen molar-refractivity contribution in [2.75, 3.05) is 17.2 Å². The Balaban J connectivity index is 2.16. The van der Waals surface area contributed by atoms with E-state index < -0.39 is 0 Å². The van der Waals surface area contributed by atoms with Gasteiger partial charge >= 0.3 is 0 Å². The van der Waals surface area contributed by atoms with Gasteiger partial charge in [-0.15, -0.1) is 0 Å². The number of carbonyl (C=O) groups is 1. The van der Waals surface area contributed by atoms with E-state index in [1.807, 2.05) is 17.9 Å². The number of rotatable bonds is 3. The lowest BCUT2D eigenvalue weighted by molar-refractivity contribution is -0.118. The smallest absolute Gasteiger partial charge is 0.227 e. The van der Waals surface area contributed by atoms with Crippen molar-refractivity contribution in [2.45, 2.75) is 40.0 Å². The number of nitrogen functional groups attached to an aromatic ring is 1. The summed E-state index contributed by atoms with van der Waals surface area (Å²) in [6, 6.07) is 4.06. The molecule has 0 aromatic heterocycles. The molecule has 0 spiro atoms. The predicted octanol–water partition coefficient (Wildman–Crippen LogP) is 2.90. The normalized spacial score (nSPS) is 14.1. The molecule has 0 atom stereocenters. The zero-order valence-corrected chi connectivity index (χ0v) is 11.5. The van der Waals surface area contributed by atoms with Crippen molar-refractivity contribution in [3.05, 3.63) is 23.3 Å². The average Bonchev–Trinajstić information content (AvgIpc) is 2.69. The lowest BCUT2D eigenvalue weighted by Crippen LogP contribution is -2.28. The van der Waals surface area contributed by atoms with Gasteiger partial charge in [-0.1, -0.05) is 19.9 Å². The first-order chi connectivity index (χ1) is 8.49. The molecule has 0 saturated heterocycles. The zero-order valence-electron chi connectivity index (χ0n) is 11.5. The number of carbonyl (C=O) groups excluding carboxylic acids is 1. The van der Waals surface area contributed by atoms with E-state index in [1.165, 1.54) is 5.56 Å². The molecule has 3 heteroatoms. The van der Waals surface area contributed by atoms with E-state index in [1.54, 1.807) is 0 Å². The summed E-state index contributed by atoms with van der Waals surface area (Å²) >= 11 is 0. The molecule has 3 nitrogen and oxygen atoms in total. The van der Waals surface area contributed by atoms with Crippen molar-refractivity contribution in [1.82, 2.24) is 0 Å². The molecule has 1 heterocycles. The van der Waals surface area contributed by atoms with Crippen LogP contribution in [0.15, 0.2) is 12.1 Å². The van der Waals surface area contributed by atoms with Crippen molar-refractivity contribution < 1.29 is 4.79 Å². The fourth-order valence-corrected chi connectivity index (χ4v) is 2.38. The van der Waals surface area contributed by atoms with E-state index in [0.717, 1.165) is 36.3 Å². The summed E-state index contributed by atoms with van der Waals surface area (Å²) in [6.45, 7) is 7.10. The Kier molecular flexibility index (Phi) is 3.60. The summed E-state index contributed by atoms with van der Waals surface area (Å²) < 4.78 is 0. The number of anilines is 2. The second-order valence-corrected chi connectivity index (χ2v) is 5.57. The molecule has 0 fully saturated rings. The molecule has 0 unspecified atom stereocenters. The van der Waals surface area contributed by atoms with Crippen LogP contribution >= 0.6 is 0 Å². The maximum Gasteiger partial charge on any atom is 0.227 e. The molecule has 0 bridgehead atoms. The van der Waals surface area contributed by atoms with Gasteiger partial charge < -0.3 is 10.6 Å². The third-order valence-electron chi connectivity index (χ3n) is 3.60. The van der Waals surface area contributed by atoms with Crippen LogP contribution in [0, 0.1) is 12.8 Å².